The molecule has 0 radical (unpaired) electrons. The van der Waals surface area contributed by atoms with Crippen LogP contribution >= 0.6 is 23.1 Å². The second kappa shape index (κ2) is 8.11. The fourth-order valence-corrected chi connectivity index (χ4v) is 4.15. The maximum Gasteiger partial charge on any atom is 0.277 e. The number of likely N-dealkylation sites (tertiary alicyclic amines) is 1. The van der Waals surface area contributed by atoms with Crippen LogP contribution in [0.4, 0.5) is 0 Å². The van der Waals surface area contributed by atoms with E-state index < -0.39 is 0 Å². The van der Waals surface area contributed by atoms with Gasteiger partial charge in [-0.25, -0.2) is 4.98 Å². The molecule has 2 aromatic heterocycles. The summed E-state index contributed by atoms with van der Waals surface area (Å²) >= 11 is 2.95. The summed E-state index contributed by atoms with van der Waals surface area (Å²) in [6.45, 7) is 5.61. The number of nitrogens with zero attached hydrogens (tertiary/aromatic N) is 4. The predicted octanol–water partition coefficient (Wildman–Crippen LogP) is 3.31. The van der Waals surface area contributed by atoms with Crippen LogP contribution < -0.4 is 0 Å². The van der Waals surface area contributed by atoms with Crippen LogP contribution in [0.5, 0.6) is 0 Å². The molecule has 6 nitrogen and oxygen atoms in total. The maximum absolute atomic E-state index is 12.6. The van der Waals surface area contributed by atoms with Crippen molar-refractivity contribution in [2.45, 2.75) is 56.4 Å². The maximum atomic E-state index is 12.6. The van der Waals surface area contributed by atoms with Crippen molar-refractivity contribution in [3.05, 3.63) is 22.0 Å². The molecule has 1 saturated heterocycles. The largest absolute Gasteiger partial charge is 0.416 e. The quantitative estimate of drug-likeness (QED) is 0.756. The Hall–Kier alpha value is -1.41. The molecule has 130 valence electrons. The molecule has 24 heavy (non-hydrogen) atoms. The molecule has 1 atom stereocenters. The molecule has 1 amide bonds. The monoisotopic (exact) mass is 366 g/mol. The van der Waals surface area contributed by atoms with E-state index in [0.29, 0.717) is 17.5 Å². The highest BCUT2D eigenvalue weighted by Crippen LogP contribution is 2.25. The first-order chi connectivity index (χ1) is 11.6. The molecule has 2 aromatic rings. The van der Waals surface area contributed by atoms with Gasteiger partial charge < -0.3 is 9.32 Å². The lowest BCUT2D eigenvalue weighted by Crippen LogP contribution is -2.37. The third-order valence-corrected chi connectivity index (χ3v) is 5.73. The SMILES string of the molecule is Cc1nc(Cc2nnc(S[C@@H](C)C(=O)N3CCCCCC3)o2)cs1. The van der Waals surface area contributed by atoms with E-state index in [-0.39, 0.29) is 11.2 Å². The number of carbonyl (C=O) groups is 1. The molecular formula is C16H22N4O2S2. The lowest BCUT2D eigenvalue weighted by molar-refractivity contribution is -0.130. The number of amides is 1. The minimum atomic E-state index is -0.210. The van der Waals surface area contributed by atoms with Crippen molar-refractivity contribution >= 4 is 29.0 Å². The fourth-order valence-electron chi connectivity index (χ4n) is 2.75. The van der Waals surface area contributed by atoms with Gasteiger partial charge in [0.05, 0.1) is 22.4 Å². The number of aromatic nitrogens is 3. The van der Waals surface area contributed by atoms with Crippen LogP contribution in [0, 0.1) is 6.92 Å². The fraction of sp³-hybridized carbons (Fsp3) is 0.625. The summed E-state index contributed by atoms with van der Waals surface area (Å²) in [7, 11) is 0. The van der Waals surface area contributed by atoms with Gasteiger partial charge in [-0.3, -0.25) is 4.79 Å². The molecule has 0 unspecified atom stereocenters. The zero-order valence-corrected chi connectivity index (χ0v) is 15.7. The molecule has 3 rings (SSSR count). The molecule has 0 aliphatic carbocycles. The number of aryl methyl sites for hydroxylation is 1. The number of carbonyl (C=O) groups excluding carboxylic acids is 1. The van der Waals surface area contributed by atoms with Gasteiger partial charge in [0, 0.05) is 18.5 Å². The topological polar surface area (TPSA) is 72.1 Å². The van der Waals surface area contributed by atoms with Crippen molar-refractivity contribution in [1.82, 2.24) is 20.1 Å². The molecule has 0 aromatic carbocycles. The lowest BCUT2D eigenvalue weighted by Gasteiger charge is -2.23. The van der Waals surface area contributed by atoms with Gasteiger partial charge in [-0.2, -0.15) is 0 Å². The smallest absolute Gasteiger partial charge is 0.277 e. The van der Waals surface area contributed by atoms with Crippen LogP contribution in [0.25, 0.3) is 0 Å². The first kappa shape index (κ1) is 17.4. The Bertz CT molecular complexity index is 677. The molecule has 0 N–H and O–H groups in total. The summed E-state index contributed by atoms with van der Waals surface area (Å²) in [4.78, 5) is 18.9. The van der Waals surface area contributed by atoms with E-state index in [1.807, 2.05) is 24.1 Å². The van der Waals surface area contributed by atoms with Crippen LogP contribution in [0.2, 0.25) is 0 Å². The van der Waals surface area contributed by atoms with Crippen LogP contribution in [-0.4, -0.2) is 44.3 Å². The number of thioether (sulfide) groups is 1. The molecular weight excluding hydrogens is 344 g/mol. The minimum absolute atomic E-state index is 0.164. The Balaban J connectivity index is 1.56. The zero-order chi connectivity index (χ0) is 16.9. The lowest BCUT2D eigenvalue weighted by atomic mass is 10.2. The Kier molecular flexibility index (Phi) is 5.89. The summed E-state index contributed by atoms with van der Waals surface area (Å²) < 4.78 is 5.66. The van der Waals surface area contributed by atoms with Gasteiger partial charge >= 0.3 is 0 Å². The van der Waals surface area contributed by atoms with E-state index in [9.17, 15) is 4.79 Å². The summed E-state index contributed by atoms with van der Waals surface area (Å²) in [5.74, 6) is 0.703. The highest BCUT2D eigenvalue weighted by Gasteiger charge is 2.24. The van der Waals surface area contributed by atoms with E-state index in [4.69, 9.17) is 4.42 Å². The van der Waals surface area contributed by atoms with Crippen LogP contribution in [0.15, 0.2) is 15.0 Å². The van der Waals surface area contributed by atoms with Gasteiger partial charge in [-0.1, -0.05) is 24.6 Å². The predicted molar refractivity (Wildman–Crippen MR) is 94.3 cm³/mol. The Morgan fingerprint density at radius 1 is 1.33 bits per heavy atom. The van der Waals surface area contributed by atoms with Gasteiger partial charge in [0.1, 0.15) is 0 Å². The summed E-state index contributed by atoms with van der Waals surface area (Å²) in [6.07, 6.45) is 5.16. The Labute approximate surface area is 150 Å². The second-order valence-electron chi connectivity index (χ2n) is 6.00. The molecule has 8 heteroatoms. The van der Waals surface area contributed by atoms with E-state index in [2.05, 4.69) is 15.2 Å². The first-order valence-corrected chi connectivity index (χ1v) is 10.1. The molecule has 0 saturated carbocycles. The van der Waals surface area contributed by atoms with Gasteiger partial charge in [-0.05, 0) is 26.7 Å². The number of rotatable bonds is 5. The summed E-state index contributed by atoms with van der Waals surface area (Å²) in [5, 5.41) is 11.4. The first-order valence-electron chi connectivity index (χ1n) is 8.30. The number of hydrogen-bond donors (Lipinski definition) is 0. The van der Waals surface area contributed by atoms with Gasteiger partial charge in [0.2, 0.25) is 11.8 Å². The minimum Gasteiger partial charge on any atom is -0.416 e. The van der Waals surface area contributed by atoms with Crippen LogP contribution in [0.3, 0.4) is 0 Å². The number of thiazole rings is 1. The third-order valence-electron chi connectivity index (χ3n) is 3.99. The highest BCUT2D eigenvalue weighted by molar-refractivity contribution is 8.00. The summed E-state index contributed by atoms with van der Waals surface area (Å²) in [5.41, 5.74) is 0.936. The van der Waals surface area contributed by atoms with Crippen LogP contribution in [0.1, 0.15) is 49.2 Å². The highest BCUT2D eigenvalue weighted by atomic mass is 32.2. The van der Waals surface area contributed by atoms with E-state index in [0.717, 1.165) is 36.6 Å². The third kappa shape index (κ3) is 4.57. The standard InChI is InChI=1S/C16H22N4O2S2/c1-11(15(21)20-7-5-3-4-6-8-20)24-16-19-18-14(22-16)9-13-10-23-12(2)17-13/h10-11H,3-9H2,1-2H3/t11-/m0/s1. The normalized spacial score (nSPS) is 16.8. The molecule has 0 spiro atoms. The van der Waals surface area contributed by atoms with E-state index in [1.54, 1.807) is 11.3 Å². The molecule has 1 aliphatic heterocycles. The van der Waals surface area contributed by atoms with Gasteiger partial charge in [0.15, 0.2) is 0 Å². The molecule has 1 fully saturated rings. The average Bonchev–Trinajstić information content (AvgIpc) is 3.07. The van der Waals surface area contributed by atoms with Gasteiger partial charge in [-0.15, -0.1) is 21.5 Å². The second-order valence-corrected chi connectivity index (χ2v) is 8.35. The molecule has 3 heterocycles. The van der Waals surface area contributed by atoms with E-state index in [1.165, 1.54) is 24.6 Å². The van der Waals surface area contributed by atoms with Crippen molar-refractivity contribution in [2.24, 2.45) is 0 Å². The van der Waals surface area contributed by atoms with Crippen molar-refractivity contribution in [1.29, 1.82) is 0 Å². The van der Waals surface area contributed by atoms with Crippen molar-refractivity contribution in [2.75, 3.05) is 13.1 Å². The van der Waals surface area contributed by atoms with E-state index >= 15 is 0 Å². The van der Waals surface area contributed by atoms with Crippen LogP contribution in [-0.2, 0) is 11.2 Å². The Morgan fingerprint density at radius 2 is 2.08 bits per heavy atom. The average molecular weight is 367 g/mol. The Morgan fingerprint density at radius 3 is 2.75 bits per heavy atom. The van der Waals surface area contributed by atoms with Gasteiger partial charge in [0.25, 0.3) is 5.22 Å². The van der Waals surface area contributed by atoms with Crippen molar-refractivity contribution < 1.29 is 9.21 Å². The number of hydrogen-bond acceptors (Lipinski definition) is 7. The molecule has 0 bridgehead atoms. The van der Waals surface area contributed by atoms with Crippen molar-refractivity contribution in [3.63, 3.8) is 0 Å². The zero-order valence-electron chi connectivity index (χ0n) is 14.0. The molecule has 1 aliphatic rings. The summed E-state index contributed by atoms with van der Waals surface area (Å²) in [6, 6.07) is 0. The van der Waals surface area contributed by atoms with Crippen molar-refractivity contribution in [3.8, 4) is 0 Å².